The average molecular weight is 353 g/mol. The van der Waals surface area contributed by atoms with Crippen LogP contribution in [0.5, 0.6) is 0 Å². The minimum Gasteiger partial charge on any atom is -0.129 e. The van der Waals surface area contributed by atoms with E-state index in [9.17, 15) is 0 Å². The fraction of sp³-hybridized carbons (Fsp3) is 0.167. The average Bonchev–Trinajstić information content (AvgIpc) is 2.98. The largest absolute Gasteiger partial charge is 0.129 e. The highest BCUT2D eigenvalue weighted by Crippen LogP contribution is 2.41. The van der Waals surface area contributed by atoms with E-state index in [0.717, 1.165) is 15.3 Å². The molecule has 2 rings (SSSR count). The standard InChI is InChI=1S/C12H10Cl2S4/c1-15-9-5-3-7(17-9)11(12(13)14)8-4-6-10(16-2)18-8/h3-6H,1-2H3. The van der Waals surface area contributed by atoms with Gasteiger partial charge in [-0.3, -0.25) is 0 Å². The van der Waals surface area contributed by atoms with Gasteiger partial charge in [0.1, 0.15) is 4.49 Å². The molecule has 96 valence electrons. The molecule has 0 spiro atoms. The molecule has 0 radical (unpaired) electrons. The summed E-state index contributed by atoms with van der Waals surface area (Å²) in [5, 5.41) is 0. The summed E-state index contributed by atoms with van der Waals surface area (Å²) in [6.45, 7) is 0. The molecule has 0 bridgehead atoms. The summed E-state index contributed by atoms with van der Waals surface area (Å²) < 4.78 is 2.86. The predicted octanol–water partition coefficient (Wildman–Crippen LogP) is 6.45. The molecule has 0 aliphatic carbocycles. The van der Waals surface area contributed by atoms with Gasteiger partial charge in [0.25, 0.3) is 0 Å². The molecule has 0 aliphatic heterocycles. The Kier molecular flexibility index (Phi) is 5.54. The molecule has 6 heteroatoms. The number of rotatable bonds is 4. The Hall–Kier alpha value is 0.420. The van der Waals surface area contributed by atoms with Gasteiger partial charge in [0.15, 0.2) is 0 Å². The third-order valence-electron chi connectivity index (χ3n) is 2.25. The lowest BCUT2D eigenvalue weighted by Gasteiger charge is -2.02. The van der Waals surface area contributed by atoms with Gasteiger partial charge in [0, 0.05) is 15.3 Å². The Morgan fingerprint density at radius 3 is 1.61 bits per heavy atom. The summed E-state index contributed by atoms with van der Waals surface area (Å²) >= 11 is 19.0. The lowest BCUT2D eigenvalue weighted by Crippen LogP contribution is -1.80. The summed E-state index contributed by atoms with van der Waals surface area (Å²) in [4.78, 5) is 2.24. The van der Waals surface area contributed by atoms with Crippen LogP contribution >= 0.6 is 69.4 Å². The third kappa shape index (κ3) is 3.30. The van der Waals surface area contributed by atoms with Gasteiger partial charge in [-0.1, -0.05) is 23.2 Å². The van der Waals surface area contributed by atoms with Crippen LogP contribution in [-0.2, 0) is 0 Å². The van der Waals surface area contributed by atoms with Gasteiger partial charge in [-0.25, -0.2) is 0 Å². The Morgan fingerprint density at radius 1 is 0.889 bits per heavy atom. The van der Waals surface area contributed by atoms with Crippen molar-refractivity contribution in [3.8, 4) is 0 Å². The molecule has 0 N–H and O–H groups in total. The Labute approximate surface area is 133 Å². The van der Waals surface area contributed by atoms with Gasteiger partial charge in [0.2, 0.25) is 0 Å². The van der Waals surface area contributed by atoms with Crippen LogP contribution in [-0.4, -0.2) is 12.5 Å². The monoisotopic (exact) mass is 352 g/mol. The number of thioether (sulfide) groups is 2. The molecule has 2 aromatic heterocycles. The van der Waals surface area contributed by atoms with Crippen LogP contribution in [0.1, 0.15) is 9.75 Å². The topological polar surface area (TPSA) is 0 Å². The zero-order valence-corrected chi connectivity index (χ0v) is 14.5. The lowest BCUT2D eigenvalue weighted by atomic mass is 10.2. The maximum Gasteiger partial charge on any atom is 0.116 e. The van der Waals surface area contributed by atoms with Crippen molar-refractivity contribution in [3.63, 3.8) is 0 Å². The number of hydrogen-bond acceptors (Lipinski definition) is 4. The molecule has 18 heavy (non-hydrogen) atoms. The molecule has 0 atom stereocenters. The van der Waals surface area contributed by atoms with Crippen LogP contribution in [0.25, 0.3) is 5.57 Å². The lowest BCUT2D eigenvalue weighted by molar-refractivity contribution is 1.71. The predicted molar refractivity (Wildman–Crippen MR) is 89.9 cm³/mol. The third-order valence-corrected chi connectivity index (χ3v) is 7.00. The van der Waals surface area contributed by atoms with Gasteiger partial charge in [0.05, 0.1) is 8.42 Å². The first-order valence-electron chi connectivity index (χ1n) is 4.99. The van der Waals surface area contributed by atoms with Crippen molar-refractivity contribution in [2.24, 2.45) is 0 Å². The van der Waals surface area contributed by atoms with Crippen molar-refractivity contribution in [1.82, 2.24) is 0 Å². The molecule has 2 heterocycles. The molecule has 0 amide bonds. The molecule has 0 unspecified atom stereocenters. The number of thiophene rings is 2. The SMILES string of the molecule is CSc1ccc(C(=C(Cl)Cl)c2ccc(SC)s2)s1. The van der Waals surface area contributed by atoms with Crippen molar-refractivity contribution in [1.29, 1.82) is 0 Å². The van der Waals surface area contributed by atoms with Gasteiger partial charge >= 0.3 is 0 Å². The molecule has 0 aromatic carbocycles. The van der Waals surface area contributed by atoms with Gasteiger partial charge in [-0.2, -0.15) is 0 Å². The van der Waals surface area contributed by atoms with Crippen LogP contribution in [0.3, 0.4) is 0 Å². The van der Waals surface area contributed by atoms with Crippen molar-refractivity contribution in [2.75, 3.05) is 12.5 Å². The van der Waals surface area contributed by atoms with Crippen LogP contribution in [0.15, 0.2) is 37.2 Å². The van der Waals surface area contributed by atoms with E-state index in [2.05, 4.69) is 36.8 Å². The second kappa shape index (κ2) is 6.73. The Bertz CT molecular complexity index is 520. The highest BCUT2D eigenvalue weighted by atomic mass is 35.5. The highest BCUT2D eigenvalue weighted by molar-refractivity contribution is 8.00. The molecule has 0 saturated carbocycles. The highest BCUT2D eigenvalue weighted by Gasteiger charge is 2.14. The fourth-order valence-corrected chi connectivity index (χ4v) is 5.35. The number of hydrogen-bond donors (Lipinski definition) is 0. The van der Waals surface area contributed by atoms with Crippen LogP contribution in [0, 0.1) is 0 Å². The minimum absolute atomic E-state index is 0.332. The maximum atomic E-state index is 6.06. The molecular weight excluding hydrogens is 343 g/mol. The van der Waals surface area contributed by atoms with Gasteiger partial charge in [-0.15, -0.1) is 46.2 Å². The second-order valence-electron chi connectivity index (χ2n) is 3.28. The smallest absolute Gasteiger partial charge is 0.116 e. The Balaban J connectivity index is 2.44. The summed E-state index contributed by atoms with van der Waals surface area (Å²) in [5.74, 6) is 0. The van der Waals surface area contributed by atoms with Crippen molar-refractivity contribution in [2.45, 2.75) is 8.42 Å². The molecule has 0 aliphatic rings. The van der Waals surface area contributed by atoms with E-state index in [1.54, 1.807) is 46.2 Å². The van der Waals surface area contributed by atoms with E-state index in [0.29, 0.717) is 4.49 Å². The van der Waals surface area contributed by atoms with Crippen LogP contribution < -0.4 is 0 Å². The van der Waals surface area contributed by atoms with E-state index in [-0.39, 0.29) is 0 Å². The summed E-state index contributed by atoms with van der Waals surface area (Å²) in [6, 6.07) is 8.36. The quantitative estimate of drug-likeness (QED) is 0.580. The molecular formula is C12H10Cl2S4. The Morgan fingerprint density at radius 2 is 1.33 bits per heavy atom. The first kappa shape index (κ1) is 14.8. The summed E-state index contributed by atoms with van der Waals surface area (Å²) in [7, 11) is 0. The van der Waals surface area contributed by atoms with E-state index in [1.807, 2.05) is 0 Å². The first-order valence-corrected chi connectivity index (χ1v) is 9.83. The minimum atomic E-state index is 0.332. The van der Waals surface area contributed by atoms with Crippen molar-refractivity contribution >= 4 is 75.0 Å². The van der Waals surface area contributed by atoms with Crippen LogP contribution in [0.4, 0.5) is 0 Å². The summed E-state index contributed by atoms with van der Waals surface area (Å²) in [5.41, 5.74) is 0.939. The number of halogens is 2. The molecule has 0 saturated heterocycles. The summed E-state index contributed by atoms with van der Waals surface area (Å²) in [6.07, 6.45) is 4.14. The van der Waals surface area contributed by atoms with E-state index in [1.165, 1.54) is 8.42 Å². The zero-order chi connectivity index (χ0) is 13.1. The molecule has 0 fully saturated rings. The molecule has 0 nitrogen and oxygen atoms in total. The second-order valence-corrected chi connectivity index (χ2v) is 8.61. The maximum absolute atomic E-state index is 6.06. The van der Waals surface area contributed by atoms with Gasteiger partial charge < -0.3 is 0 Å². The van der Waals surface area contributed by atoms with Crippen molar-refractivity contribution in [3.05, 3.63) is 38.5 Å². The normalized spacial score (nSPS) is 10.7. The van der Waals surface area contributed by atoms with E-state index >= 15 is 0 Å². The van der Waals surface area contributed by atoms with Crippen molar-refractivity contribution < 1.29 is 0 Å². The van der Waals surface area contributed by atoms with Gasteiger partial charge in [-0.05, 0) is 36.8 Å². The fourth-order valence-electron chi connectivity index (χ4n) is 1.44. The zero-order valence-electron chi connectivity index (χ0n) is 9.70. The van der Waals surface area contributed by atoms with Crippen LogP contribution in [0.2, 0.25) is 0 Å². The van der Waals surface area contributed by atoms with E-state index in [4.69, 9.17) is 23.2 Å². The first-order chi connectivity index (χ1) is 8.65. The van der Waals surface area contributed by atoms with E-state index < -0.39 is 0 Å². The molecule has 2 aromatic rings.